The molecule has 4 heteroatoms. The Balaban J connectivity index is 1.97. The second-order valence-electron chi connectivity index (χ2n) is 4.49. The maximum Gasteiger partial charge on any atom is 0.193 e. The van der Waals surface area contributed by atoms with Gasteiger partial charge in [-0.3, -0.25) is 4.79 Å². The molecule has 2 N–H and O–H groups in total. The van der Waals surface area contributed by atoms with Crippen molar-refractivity contribution in [3.63, 3.8) is 0 Å². The molecule has 0 unspecified atom stereocenters. The Morgan fingerprint density at radius 1 is 1.16 bits per heavy atom. The molecule has 2 aromatic carbocycles. The average molecular weight is 257 g/mol. The van der Waals surface area contributed by atoms with Gasteiger partial charge in [0.1, 0.15) is 11.6 Å². The van der Waals surface area contributed by atoms with Crippen molar-refractivity contribution in [2.75, 3.05) is 12.3 Å². The number of ether oxygens (including phenoxy) is 1. The number of carbonyl (C=O) groups excluding carboxylic acids is 1. The van der Waals surface area contributed by atoms with Crippen molar-refractivity contribution in [1.29, 1.82) is 0 Å². The van der Waals surface area contributed by atoms with Crippen molar-refractivity contribution in [2.24, 2.45) is 0 Å². The topological polar surface area (TPSA) is 52.3 Å². The third-order valence-corrected chi connectivity index (χ3v) is 3.21. The van der Waals surface area contributed by atoms with Gasteiger partial charge in [0.2, 0.25) is 0 Å². The zero-order valence-electron chi connectivity index (χ0n) is 10.2. The number of hydrogen-bond donors (Lipinski definition) is 1. The fourth-order valence-corrected chi connectivity index (χ4v) is 2.16. The van der Waals surface area contributed by atoms with Crippen LogP contribution in [0.25, 0.3) is 0 Å². The molecule has 0 amide bonds. The highest BCUT2D eigenvalue weighted by molar-refractivity contribution is 6.09. The Morgan fingerprint density at radius 3 is 2.68 bits per heavy atom. The highest BCUT2D eigenvalue weighted by Crippen LogP contribution is 2.27. The zero-order chi connectivity index (χ0) is 13.4. The van der Waals surface area contributed by atoms with Gasteiger partial charge in [-0.25, -0.2) is 4.39 Å². The van der Waals surface area contributed by atoms with E-state index in [2.05, 4.69) is 0 Å². The summed E-state index contributed by atoms with van der Waals surface area (Å²) in [4.78, 5) is 12.3. The van der Waals surface area contributed by atoms with E-state index < -0.39 is 5.82 Å². The molecule has 0 atom stereocenters. The van der Waals surface area contributed by atoms with Gasteiger partial charge in [-0.1, -0.05) is 0 Å². The van der Waals surface area contributed by atoms with Crippen molar-refractivity contribution < 1.29 is 13.9 Å². The highest BCUT2D eigenvalue weighted by atomic mass is 19.1. The normalized spacial score (nSPS) is 12.9. The molecule has 0 radical (unpaired) electrons. The summed E-state index contributed by atoms with van der Waals surface area (Å²) in [6.07, 6.45) is 0.798. The van der Waals surface area contributed by atoms with Gasteiger partial charge in [-0.15, -0.1) is 0 Å². The van der Waals surface area contributed by atoms with Gasteiger partial charge in [0.05, 0.1) is 12.3 Å². The van der Waals surface area contributed by atoms with E-state index in [4.69, 9.17) is 10.5 Å². The first-order valence-corrected chi connectivity index (χ1v) is 6.00. The third kappa shape index (κ3) is 2.05. The molecule has 0 saturated carbocycles. The van der Waals surface area contributed by atoms with Gasteiger partial charge in [-0.2, -0.15) is 0 Å². The van der Waals surface area contributed by atoms with Gasteiger partial charge in [0.25, 0.3) is 0 Å². The predicted molar refractivity (Wildman–Crippen MR) is 69.9 cm³/mol. The molecule has 1 aliphatic rings. The van der Waals surface area contributed by atoms with E-state index in [9.17, 15) is 9.18 Å². The van der Waals surface area contributed by atoms with Crippen molar-refractivity contribution >= 4 is 11.5 Å². The number of nitrogen functional groups attached to an aromatic ring is 1. The van der Waals surface area contributed by atoms with Crippen molar-refractivity contribution in [3.05, 3.63) is 58.9 Å². The van der Waals surface area contributed by atoms with E-state index in [0.717, 1.165) is 17.7 Å². The number of carbonyl (C=O) groups is 1. The molecule has 0 saturated heterocycles. The Morgan fingerprint density at radius 2 is 1.89 bits per heavy atom. The minimum absolute atomic E-state index is 0.0407. The van der Waals surface area contributed by atoms with Crippen molar-refractivity contribution in [2.45, 2.75) is 6.42 Å². The molecule has 2 aromatic rings. The van der Waals surface area contributed by atoms with Crippen LogP contribution in [-0.4, -0.2) is 12.4 Å². The van der Waals surface area contributed by atoms with Gasteiger partial charge >= 0.3 is 0 Å². The Bertz CT molecular complexity index is 667. The number of anilines is 1. The predicted octanol–water partition coefficient (Wildman–Crippen LogP) is 2.57. The molecular formula is C15H12FNO2. The first-order chi connectivity index (χ1) is 9.15. The summed E-state index contributed by atoms with van der Waals surface area (Å²) in [6.45, 7) is 0.642. The van der Waals surface area contributed by atoms with Crippen LogP contribution >= 0.6 is 0 Å². The van der Waals surface area contributed by atoms with Crippen molar-refractivity contribution in [3.8, 4) is 5.75 Å². The summed E-state index contributed by atoms with van der Waals surface area (Å²) < 4.78 is 18.8. The van der Waals surface area contributed by atoms with Crippen LogP contribution in [0, 0.1) is 5.82 Å². The summed E-state index contributed by atoms with van der Waals surface area (Å²) >= 11 is 0. The Labute approximate surface area is 109 Å². The monoisotopic (exact) mass is 257 g/mol. The van der Waals surface area contributed by atoms with Crippen LogP contribution in [0.15, 0.2) is 36.4 Å². The number of hydrogen-bond acceptors (Lipinski definition) is 3. The maximum atomic E-state index is 13.4. The SMILES string of the molecule is Nc1ccc(C(=O)c2ccc3c(c2)CCO3)cc1F. The van der Waals surface area contributed by atoms with E-state index in [-0.39, 0.29) is 11.5 Å². The molecule has 96 valence electrons. The van der Waals surface area contributed by atoms with E-state index in [1.807, 2.05) is 0 Å². The Hall–Kier alpha value is -2.36. The van der Waals surface area contributed by atoms with E-state index in [0.29, 0.717) is 17.7 Å². The van der Waals surface area contributed by atoms with Gasteiger partial charge in [-0.05, 0) is 42.0 Å². The molecule has 0 bridgehead atoms. The summed E-state index contributed by atoms with van der Waals surface area (Å²) in [6, 6.07) is 9.38. The molecule has 3 rings (SSSR count). The minimum atomic E-state index is -0.574. The Kier molecular flexibility index (Phi) is 2.71. The number of halogens is 1. The van der Waals surface area contributed by atoms with Crippen LogP contribution < -0.4 is 10.5 Å². The third-order valence-electron chi connectivity index (χ3n) is 3.21. The second kappa shape index (κ2) is 4.39. The average Bonchev–Trinajstić information content (AvgIpc) is 2.88. The van der Waals surface area contributed by atoms with E-state index >= 15 is 0 Å². The molecule has 1 heterocycles. The molecule has 1 aliphatic heterocycles. The minimum Gasteiger partial charge on any atom is -0.493 e. The number of rotatable bonds is 2. The fourth-order valence-electron chi connectivity index (χ4n) is 2.16. The number of fused-ring (bicyclic) bond motifs is 1. The summed E-state index contributed by atoms with van der Waals surface area (Å²) in [5, 5.41) is 0. The summed E-state index contributed by atoms with van der Waals surface area (Å²) in [5.74, 6) is 0.0315. The van der Waals surface area contributed by atoms with Gasteiger partial charge < -0.3 is 10.5 Å². The highest BCUT2D eigenvalue weighted by Gasteiger charge is 2.16. The van der Waals surface area contributed by atoms with Crippen LogP contribution in [0.3, 0.4) is 0 Å². The first kappa shape index (κ1) is 11.7. The number of nitrogens with two attached hydrogens (primary N) is 1. The first-order valence-electron chi connectivity index (χ1n) is 6.00. The van der Waals surface area contributed by atoms with E-state index in [1.165, 1.54) is 18.2 Å². The molecule has 0 aromatic heterocycles. The molecular weight excluding hydrogens is 245 g/mol. The maximum absolute atomic E-state index is 13.4. The van der Waals surface area contributed by atoms with Crippen molar-refractivity contribution in [1.82, 2.24) is 0 Å². The van der Waals surface area contributed by atoms with Gasteiger partial charge in [0, 0.05) is 17.5 Å². The lowest BCUT2D eigenvalue weighted by molar-refractivity contribution is 0.103. The summed E-state index contributed by atoms with van der Waals surface area (Å²) in [7, 11) is 0. The van der Waals surface area contributed by atoms with Crippen LogP contribution in [0.2, 0.25) is 0 Å². The lowest BCUT2D eigenvalue weighted by Gasteiger charge is -2.05. The smallest absolute Gasteiger partial charge is 0.193 e. The van der Waals surface area contributed by atoms with E-state index in [1.54, 1.807) is 18.2 Å². The largest absolute Gasteiger partial charge is 0.493 e. The zero-order valence-corrected chi connectivity index (χ0v) is 10.2. The summed E-state index contributed by atoms with van der Waals surface area (Å²) in [5.41, 5.74) is 7.29. The molecule has 0 spiro atoms. The number of ketones is 1. The van der Waals surface area contributed by atoms with Crippen LogP contribution in [-0.2, 0) is 6.42 Å². The standard InChI is InChI=1S/C15H12FNO2/c16-12-8-11(1-3-13(12)17)15(18)10-2-4-14-9(7-10)5-6-19-14/h1-4,7-8H,5-6,17H2. The van der Waals surface area contributed by atoms with Crippen LogP contribution in [0.5, 0.6) is 5.75 Å². The second-order valence-corrected chi connectivity index (χ2v) is 4.49. The van der Waals surface area contributed by atoms with Crippen LogP contribution in [0.1, 0.15) is 21.5 Å². The quantitative estimate of drug-likeness (QED) is 0.664. The number of benzene rings is 2. The fraction of sp³-hybridized carbons (Fsp3) is 0.133. The lowest BCUT2D eigenvalue weighted by Crippen LogP contribution is -2.03. The lowest BCUT2D eigenvalue weighted by atomic mass is 10.00. The molecule has 0 aliphatic carbocycles. The molecule has 19 heavy (non-hydrogen) atoms. The van der Waals surface area contributed by atoms with Crippen LogP contribution in [0.4, 0.5) is 10.1 Å². The molecule has 3 nitrogen and oxygen atoms in total. The van der Waals surface area contributed by atoms with Gasteiger partial charge in [0.15, 0.2) is 5.78 Å². The molecule has 0 fully saturated rings.